The molecule has 1 amide bonds. The van der Waals surface area contributed by atoms with Gasteiger partial charge in [0.2, 0.25) is 5.91 Å². The van der Waals surface area contributed by atoms with Gasteiger partial charge in [0.1, 0.15) is 5.75 Å². The Hall–Kier alpha value is -3.15. The molecule has 1 heterocycles. The van der Waals surface area contributed by atoms with E-state index >= 15 is 0 Å². The maximum atomic E-state index is 12.0. The van der Waals surface area contributed by atoms with E-state index in [4.69, 9.17) is 4.74 Å². The van der Waals surface area contributed by atoms with Crippen molar-refractivity contribution < 1.29 is 14.5 Å². The molecule has 3 rings (SSSR count). The molecule has 6 heteroatoms. The van der Waals surface area contributed by atoms with Gasteiger partial charge in [-0.05, 0) is 29.7 Å². The molecular weight excluding hydrogens is 320 g/mol. The zero-order chi connectivity index (χ0) is 17.6. The number of hydrogen-bond donors (Lipinski definition) is 1. The minimum Gasteiger partial charge on any atom is -0.493 e. The first-order valence-electron chi connectivity index (χ1n) is 8.03. The van der Waals surface area contributed by atoms with Gasteiger partial charge in [0, 0.05) is 30.7 Å². The molecule has 0 bridgehead atoms. The van der Waals surface area contributed by atoms with Crippen molar-refractivity contribution in [2.75, 3.05) is 13.2 Å². The Labute approximate surface area is 145 Å². The molecule has 0 radical (unpaired) electrons. The van der Waals surface area contributed by atoms with E-state index in [-0.39, 0.29) is 17.5 Å². The van der Waals surface area contributed by atoms with Gasteiger partial charge in [0.15, 0.2) is 0 Å². The first-order chi connectivity index (χ1) is 12.1. The molecule has 128 valence electrons. The third kappa shape index (κ3) is 4.44. The summed E-state index contributed by atoms with van der Waals surface area (Å²) in [7, 11) is 0. The van der Waals surface area contributed by atoms with Crippen LogP contribution in [-0.4, -0.2) is 24.0 Å². The predicted molar refractivity (Wildman–Crippen MR) is 94.3 cm³/mol. The summed E-state index contributed by atoms with van der Waals surface area (Å²) in [4.78, 5) is 22.2. The van der Waals surface area contributed by atoms with E-state index in [0.29, 0.717) is 18.7 Å². The largest absolute Gasteiger partial charge is 0.493 e. The van der Waals surface area contributed by atoms with Gasteiger partial charge >= 0.3 is 0 Å². The van der Waals surface area contributed by atoms with Crippen LogP contribution >= 0.6 is 0 Å². The van der Waals surface area contributed by atoms with Crippen molar-refractivity contribution in [1.29, 1.82) is 0 Å². The van der Waals surface area contributed by atoms with Crippen LogP contribution in [0.5, 0.6) is 5.75 Å². The summed E-state index contributed by atoms with van der Waals surface area (Å²) in [6.07, 6.45) is 3.82. The number of non-ortho nitro benzene ring substituents is 1. The van der Waals surface area contributed by atoms with E-state index in [1.54, 1.807) is 18.2 Å². The molecule has 6 nitrogen and oxygen atoms in total. The molecule has 0 saturated heterocycles. The third-order valence-corrected chi connectivity index (χ3v) is 4.03. The van der Waals surface area contributed by atoms with Gasteiger partial charge in [-0.25, -0.2) is 0 Å². The summed E-state index contributed by atoms with van der Waals surface area (Å²) in [6, 6.07) is 14.0. The van der Waals surface area contributed by atoms with Gasteiger partial charge in [0.05, 0.1) is 11.5 Å². The SMILES string of the molecule is O=C(/C=C/c1cccc([N+](=O)[O-])c1)NCC1COc2ccccc2C1. The Morgan fingerprint density at radius 1 is 1.28 bits per heavy atom. The fraction of sp³-hybridized carbons (Fsp3) is 0.211. The number of carbonyl (C=O) groups is 1. The molecule has 2 aromatic carbocycles. The van der Waals surface area contributed by atoms with Gasteiger partial charge in [-0.1, -0.05) is 30.3 Å². The second-order valence-corrected chi connectivity index (χ2v) is 5.92. The van der Waals surface area contributed by atoms with Crippen LogP contribution < -0.4 is 10.1 Å². The number of fused-ring (bicyclic) bond motifs is 1. The van der Waals surface area contributed by atoms with E-state index in [0.717, 1.165) is 17.7 Å². The minimum atomic E-state index is -0.460. The van der Waals surface area contributed by atoms with E-state index in [2.05, 4.69) is 5.32 Å². The van der Waals surface area contributed by atoms with Crippen molar-refractivity contribution in [3.05, 3.63) is 75.8 Å². The quantitative estimate of drug-likeness (QED) is 0.516. The third-order valence-electron chi connectivity index (χ3n) is 4.03. The first kappa shape index (κ1) is 16.7. The average molecular weight is 338 g/mol. The highest BCUT2D eigenvalue weighted by Crippen LogP contribution is 2.26. The fourth-order valence-electron chi connectivity index (χ4n) is 2.74. The van der Waals surface area contributed by atoms with Crippen molar-refractivity contribution in [3.63, 3.8) is 0 Å². The molecule has 25 heavy (non-hydrogen) atoms. The van der Waals surface area contributed by atoms with Gasteiger partial charge in [-0.15, -0.1) is 0 Å². The maximum Gasteiger partial charge on any atom is 0.270 e. The Bertz CT molecular complexity index is 817. The summed E-state index contributed by atoms with van der Waals surface area (Å²) in [5, 5.41) is 13.6. The second-order valence-electron chi connectivity index (χ2n) is 5.92. The summed E-state index contributed by atoms with van der Waals surface area (Å²) in [5.41, 5.74) is 1.76. The highest BCUT2D eigenvalue weighted by atomic mass is 16.6. The van der Waals surface area contributed by atoms with Crippen LogP contribution in [0, 0.1) is 16.0 Å². The van der Waals surface area contributed by atoms with Gasteiger partial charge < -0.3 is 10.1 Å². The zero-order valence-corrected chi connectivity index (χ0v) is 13.6. The van der Waals surface area contributed by atoms with E-state index in [9.17, 15) is 14.9 Å². The normalized spacial score (nSPS) is 16.1. The monoisotopic (exact) mass is 338 g/mol. The molecule has 1 N–H and O–H groups in total. The minimum absolute atomic E-state index is 0.000535. The van der Waals surface area contributed by atoms with Crippen LogP contribution in [0.2, 0.25) is 0 Å². The number of nitro groups is 1. The lowest BCUT2D eigenvalue weighted by atomic mass is 9.97. The molecular formula is C19H18N2O4. The van der Waals surface area contributed by atoms with Gasteiger partial charge in [0.25, 0.3) is 5.69 Å². The topological polar surface area (TPSA) is 81.5 Å². The molecule has 1 aliphatic rings. The number of hydrogen-bond acceptors (Lipinski definition) is 4. The Kier molecular flexibility index (Phi) is 5.09. The van der Waals surface area contributed by atoms with Crippen molar-refractivity contribution in [2.45, 2.75) is 6.42 Å². The molecule has 0 spiro atoms. The Morgan fingerprint density at radius 3 is 2.96 bits per heavy atom. The summed E-state index contributed by atoms with van der Waals surface area (Å²) >= 11 is 0. The Morgan fingerprint density at radius 2 is 2.12 bits per heavy atom. The van der Waals surface area contributed by atoms with E-state index in [1.807, 2.05) is 24.3 Å². The van der Waals surface area contributed by atoms with Crippen molar-refractivity contribution >= 4 is 17.7 Å². The zero-order valence-electron chi connectivity index (χ0n) is 13.6. The predicted octanol–water partition coefficient (Wildman–Crippen LogP) is 2.98. The molecule has 2 aromatic rings. The summed E-state index contributed by atoms with van der Waals surface area (Å²) < 4.78 is 5.70. The van der Waals surface area contributed by atoms with Crippen LogP contribution in [0.15, 0.2) is 54.6 Å². The van der Waals surface area contributed by atoms with Crippen molar-refractivity contribution in [1.82, 2.24) is 5.32 Å². The van der Waals surface area contributed by atoms with Crippen LogP contribution in [-0.2, 0) is 11.2 Å². The van der Waals surface area contributed by atoms with Crippen LogP contribution in [0.3, 0.4) is 0 Å². The highest BCUT2D eigenvalue weighted by molar-refractivity contribution is 5.91. The number of nitrogens with one attached hydrogen (secondary N) is 1. The van der Waals surface area contributed by atoms with Crippen LogP contribution in [0.1, 0.15) is 11.1 Å². The summed E-state index contributed by atoms with van der Waals surface area (Å²) in [6.45, 7) is 1.10. The number of nitrogens with zero attached hydrogens (tertiary/aromatic N) is 1. The number of amides is 1. The smallest absolute Gasteiger partial charge is 0.270 e. The molecule has 1 unspecified atom stereocenters. The maximum absolute atomic E-state index is 12.0. The number of nitro benzene ring substituents is 1. The van der Waals surface area contributed by atoms with Gasteiger partial charge in [-0.3, -0.25) is 14.9 Å². The number of ether oxygens (including phenoxy) is 1. The highest BCUT2D eigenvalue weighted by Gasteiger charge is 2.19. The number of para-hydroxylation sites is 1. The van der Waals surface area contributed by atoms with Crippen LogP contribution in [0.25, 0.3) is 6.08 Å². The average Bonchev–Trinajstić information content (AvgIpc) is 2.64. The first-order valence-corrected chi connectivity index (χ1v) is 8.03. The van der Waals surface area contributed by atoms with Crippen LogP contribution in [0.4, 0.5) is 5.69 Å². The molecule has 1 aliphatic heterocycles. The standard InChI is InChI=1S/C19H18N2O4/c22-19(9-8-14-4-3-6-17(11-14)21(23)24)20-12-15-10-16-5-1-2-7-18(16)25-13-15/h1-9,11,15H,10,12-13H2,(H,20,22)/b9-8+. The molecule has 0 aliphatic carbocycles. The fourth-order valence-corrected chi connectivity index (χ4v) is 2.74. The lowest BCUT2D eigenvalue weighted by Gasteiger charge is -2.25. The number of benzene rings is 2. The molecule has 0 fully saturated rings. The number of carbonyl (C=O) groups excluding carboxylic acids is 1. The number of rotatable bonds is 5. The Balaban J connectivity index is 1.52. The second kappa shape index (κ2) is 7.61. The lowest BCUT2D eigenvalue weighted by Crippen LogP contribution is -2.33. The van der Waals surface area contributed by atoms with Crippen molar-refractivity contribution in [2.24, 2.45) is 5.92 Å². The summed E-state index contributed by atoms with van der Waals surface area (Å²) in [5.74, 6) is 0.908. The van der Waals surface area contributed by atoms with Crippen molar-refractivity contribution in [3.8, 4) is 5.75 Å². The van der Waals surface area contributed by atoms with Gasteiger partial charge in [-0.2, -0.15) is 0 Å². The van der Waals surface area contributed by atoms with E-state index < -0.39 is 4.92 Å². The molecule has 0 saturated carbocycles. The lowest BCUT2D eigenvalue weighted by molar-refractivity contribution is -0.384. The van der Waals surface area contributed by atoms with E-state index in [1.165, 1.54) is 18.2 Å². The molecule has 1 atom stereocenters. The molecule has 0 aromatic heterocycles.